The van der Waals surface area contributed by atoms with Crippen molar-refractivity contribution < 1.29 is 9.52 Å². The summed E-state index contributed by atoms with van der Waals surface area (Å²) in [5.74, 6) is 1.85. The zero-order valence-electron chi connectivity index (χ0n) is 11.5. The average Bonchev–Trinajstić information content (AvgIpc) is 2.83. The summed E-state index contributed by atoms with van der Waals surface area (Å²) in [4.78, 5) is 0. The third-order valence-electron chi connectivity index (χ3n) is 3.18. The van der Waals surface area contributed by atoms with E-state index in [4.69, 9.17) is 4.42 Å². The Morgan fingerprint density at radius 3 is 2.53 bits per heavy atom. The van der Waals surface area contributed by atoms with Crippen molar-refractivity contribution in [1.29, 1.82) is 0 Å². The van der Waals surface area contributed by atoms with E-state index in [0.717, 1.165) is 17.1 Å². The predicted molar refractivity (Wildman–Crippen MR) is 75.8 cm³/mol. The molecular formula is C16H21NO2. The quantitative estimate of drug-likeness (QED) is 0.837. The van der Waals surface area contributed by atoms with Gasteiger partial charge in [0.15, 0.2) is 0 Å². The third kappa shape index (κ3) is 4.23. The molecule has 0 bridgehead atoms. The molecule has 1 heterocycles. The molecule has 2 rings (SSSR count). The zero-order chi connectivity index (χ0) is 13.7. The van der Waals surface area contributed by atoms with E-state index < -0.39 is 6.10 Å². The van der Waals surface area contributed by atoms with Crippen molar-refractivity contribution in [3.05, 3.63) is 59.5 Å². The number of hydrogen-bond acceptors (Lipinski definition) is 3. The second-order valence-electron chi connectivity index (χ2n) is 4.96. The van der Waals surface area contributed by atoms with Gasteiger partial charge in [-0.05, 0) is 38.0 Å². The Labute approximate surface area is 114 Å². The van der Waals surface area contributed by atoms with Crippen molar-refractivity contribution in [2.75, 3.05) is 0 Å². The van der Waals surface area contributed by atoms with Gasteiger partial charge in [-0.25, -0.2) is 0 Å². The molecule has 1 aromatic heterocycles. The number of benzene rings is 1. The lowest BCUT2D eigenvalue weighted by molar-refractivity contribution is 0.153. The van der Waals surface area contributed by atoms with Crippen LogP contribution in [-0.4, -0.2) is 11.1 Å². The minimum atomic E-state index is -0.429. The molecule has 0 radical (unpaired) electrons. The average molecular weight is 259 g/mol. The fourth-order valence-corrected chi connectivity index (χ4v) is 2.08. The Hall–Kier alpha value is -1.58. The van der Waals surface area contributed by atoms with Crippen LogP contribution in [0.4, 0.5) is 0 Å². The molecule has 102 valence electrons. The molecule has 0 aliphatic rings. The molecule has 2 atom stereocenters. The number of hydrogen-bond donors (Lipinski definition) is 2. The van der Waals surface area contributed by atoms with E-state index in [1.54, 1.807) is 0 Å². The highest BCUT2D eigenvalue weighted by molar-refractivity contribution is 5.17. The van der Waals surface area contributed by atoms with E-state index in [2.05, 4.69) is 12.2 Å². The fourth-order valence-electron chi connectivity index (χ4n) is 2.08. The van der Waals surface area contributed by atoms with Gasteiger partial charge in [0.1, 0.15) is 11.5 Å². The maximum atomic E-state index is 10.1. The van der Waals surface area contributed by atoms with Crippen LogP contribution < -0.4 is 5.32 Å². The van der Waals surface area contributed by atoms with Crippen molar-refractivity contribution in [1.82, 2.24) is 5.32 Å². The van der Waals surface area contributed by atoms with E-state index >= 15 is 0 Å². The molecular weight excluding hydrogens is 238 g/mol. The monoisotopic (exact) mass is 259 g/mol. The Balaban J connectivity index is 1.79. The van der Waals surface area contributed by atoms with Gasteiger partial charge in [0, 0.05) is 6.04 Å². The SMILES string of the molecule is Cc1ccc(CNC(C)CC(O)c2ccccc2)o1. The Bertz CT molecular complexity index is 492. The van der Waals surface area contributed by atoms with Crippen LogP contribution in [0.3, 0.4) is 0 Å². The van der Waals surface area contributed by atoms with Crippen LogP contribution in [-0.2, 0) is 6.54 Å². The molecule has 1 aromatic carbocycles. The molecule has 3 nitrogen and oxygen atoms in total. The molecule has 2 aromatic rings. The standard InChI is InChI=1S/C16H21NO2/c1-12(17-11-15-9-8-13(2)19-15)10-16(18)14-6-4-3-5-7-14/h3-9,12,16-18H,10-11H2,1-2H3. The topological polar surface area (TPSA) is 45.4 Å². The normalized spacial score (nSPS) is 14.3. The maximum Gasteiger partial charge on any atom is 0.117 e. The third-order valence-corrected chi connectivity index (χ3v) is 3.18. The Kier molecular flexibility index (Phi) is 4.77. The van der Waals surface area contributed by atoms with Crippen molar-refractivity contribution in [3.8, 4) is 0 Å². The first-order chi connectivity index (χ1) is 9.15. The first-order valence-corrected chi connectivity index (χ1v) is 6.67. The molecule has 2 unspecified atom stereocenters. The van der Waals surface area contributed by atoms with Crippen LogP contribution >= 0.6 is 0 Å². The van der Waals surface area contributed by atoms with Gasteiger partial charge in [0.05, 0.1) is 12.6 Å². The molecule has 19 heavy (non-hydrogen) atoms. The molecule has 0 saturated carbocycles. The van der Waals surface area contributed by atoms with Crippen molar-refractivity contribution in [3.63, 3.8) is 0 Å². The minimum absolute atomic E-state index is 0.223. The summed E-state index contributed by atoms with van der Waals surface area (Å²) in [5.41, 5.74) is 0.963. The number of aryl methyl sites for hydroxylation is 1. The number of aliphatic hydroxyl groups excluding tert-OH is 1. The van der Waals surface area contributed by atoms with Gasteiger partial charge in [-0.15, -0.1) is 0 Å². The lowest BCUT2D eigenvalue weighted by atomic mass is 10.0. The molecule has 2 N–H and O–H groups in total. The Morgan fingerprint density at radius 2 is 1.89 bits per heavy atom. The first-order valence-electron chi connectivity index (χ1n) is 6.67. The van der Waals surface area contributed by atoms with Crippen LogP contribution in [0.15, 0.2) is 46.9 Å². The van der Waals surface area contributed by atoms with Crippen LogP contribution in [0.2, 0.25) is 0 Å². The highest BCUT2D eigenvalue weighted by atomic mass is 16.3. The highest BCUT2D eigenvalue weighted by Crippen LogP contribution is 2.18. The summed E-state index contributed by atoms with van der Waals surface area (Å²) in [5, 5.41) is 13.5. The summed E-state index contributed by atoms with van der Waals surface area (Å²) < 4.78 is 5.50. The number of aliphatic hydroxyl groups is 1. The number of rotatable bonds is 6. The Morgan fingerprint density at radius 1 is 1.16 bits per heavy atom. The second-order valence-corrected chi connectivity index (χ2v) is 4.96. The lowest BCUT2D eigenvalue weighted by Crippen LogP contribution is -2.27. The summed E-state index contributed by atoms with van der Waals surface area (Å²) >= 11 is 0. The van der Waals surface area contributed by atoms with Crippen molar-refractivity contribution >= 4 is 0 Å². The summed E-state index contributed by atoms with van der Waals surface area (Å²) in [6.07, 6.45) is 0.256. The van der Waals surface area contributed by atoms with Crippen LogP contribution in [0.25, 0.3) is 0 Å². The van der Waals surface area contributed by atoms with E-state index in [9.17, 15) is 5.11 Å². The maximum absolute atomic E-state index is 10.1. The molecule has 0 saturated heterocycles. The van der Waals surface area contributed by atoms with Crippen LogP contribution in [0.5, 0.6) is 0 Å². The second kappa shape index (κ2) is 6.55. The van der Waals surface area contributed by atoms with Crippen molar-refractivity contribution in [2.24, 2.45) is 0 Å². The van der Waals surface area contributed by atoms with Gasteiger partial charge in [0.25, 0.3) is 0 Å². The summed E-state index contributed by atoms with van der Waals surface area (Å²) in [7, 11) is 0. The molecule has 0 aliphatic carbocycles. The van der Waals surface area contributed by atoms with E-state index in [-0.39, 0.29) is 6.04 Å². The predicted octanol–water partition coefficient (Wildman–Crippen LogP) is 3.19. The van der Waals surface area contributed by atoms with Crippen LogP contribution in [0, 0.1) is 6.92 Å². The van der Waals surface area contributed by atoms with Gasteiger partial charge >= 0.3 is 0 Å². The fraction of sp³-hybridized carbons (Fsp3) is 0.375. The molecule has 3 heteroatoms. The van der Waals surface area contributed by atoms with E-state index in [1.807, 2.05) is 49.4 Å². The van der Waals surface area contributed by atoms with Crippen LogP contribution in [0.1, 0.15) is 36.5 Å². The zero-order valence-corrected chi connectivity index (χ0v) is 11.5. The largest absolute Gasteiger partial charge is 0.465 e. The molecule has 0 aliphatic heterocycles. The first kappa shape index (κ1) is 13.8. The van der Waals surface area contributed by atoms with Gasteiger partial charge < -0.3 is 14.8 Å². The minimum Gasteiger partial charge on any atom is -0.465 e. The molecule has 0 spiro atoms. The van der Waals surface area contributed by atoms with Gasteiger partial charge in [-0.1, -0.05) is 30.3 Å². The number of nitrogens with one attached hydrogen (secondary N) is 1. The highest BCUT2D eigenvalue weighted by Gasteiger charge is 2.12. The smallest absolute Gasteiger partial charge is 0.117 e. The van der Waals surface area contributed by atoms with Gasteiger partial charge in [-0.2, -0.15) is 0 Å². The van der Waals surface area contributed by atoms with E-state index in [0.29, 0.717) is 13.0 Å². The number of furan rings is 1. The molecule has 0 fully saturated rings. The van der Waals surface area contributed by atoms with Crippen molar-refractivity contribution in [2.45, 2.75) is 39.0 Å². The van der Waals surface area contributed by atoms with Gasteiger partial charge in [-0.3, -0.25) is 0 Å². The summed E-state index contributed by atoms with van der Waals surface area (Å²) in [6, 6.07) is 13.9. The summed E-state index contributed by atoms with van der Waals surface area (Å²) in [6.45, 7) is 4.70. The lowest BCUT2D eigenvalue weighted by Gasteiger charge is -2.17. The van der Waals surface area contributed by atoms with E-state index in [1.165, 1.54) is 0 Å². The van der Waals surface area contributed by atoms with Gasteiger partial charge in [0.2, 0.25) is 0 Å². The molecule has 0 amide bonds.